The lowest BCUT2D eigenvalue weighted by Crippen LogP contribution is -2.04. The summed E-state index contributed by atoms with van der Waals surface area (Å²) in [5, 5.41) is 3.01. The average molecular weight is 342 g/mol. The Kier molecular flexibility index (Phi) is 3.38. The Hall–Kier alpha value is -3.09. The number of benzene rings is 2. The van der Waals surface area contributed by atoms with E-state index in [1.807, 2.05) is 28.7 Å². The average Bonchev–Trinajstić information content (AvgIpc) is 3.06. The van der Waals surface area contributed by atoms with Gasteiger partial charge in [0.25, 0.3) is 0 Å². The second-order valence-corrected chi connectivity index (χ2v) is 5.58. The van der Waals surface area contributed by atoms with Crippen molar-refractivity contribution in [1.82, 2.24) is 14.4 Å². The Morgan fingerprint density at radius 1 is 1.00 bits per heavy atom. The van der Waals surface area contributed by atoms with Gasteiger partial charge in [-0.1, -0.05) is 24.3 Å². The molecule has 126 valence electrons. The topological polar surface area (TPSA) is 42.2 Å². The summed E-state index contributed by atoms with van der Waals surface area (Å²) < 4.78 is 40.3. The number of nitrogens with one attached hydrogen (secondary N) is 1. The molecule has 2 aromatic heterocycles. The molecule has 0 unspecified atom stereocenters. The zero-order chi connectivity index (χ0) is 17.6. The smallest absolute Gasteiger partial charge is 0.370 e. The molecule has 0 aliphatic carbocycles. The van der Waals surface area contributed by atoms with E-state index in [1.54, 1.807) is 13.2 Å². The predicted molar refractivity (Wildman–Crippen MR) is 90.5 cm³/mol. The monoisotopic (exact) mass is 342 g/mol. The Morgan fingerprint density at radius 3 is 2.40 bits per heavy atom. The van der Waals surface area contributed by atoms with Crippen molar-refractivity contribution < 1.29 is 13.2 Å². The van der Waals surface area contributed by atoms with Crippen LogP contribution in [0, 0.1) is 0 Å². The number of aromatic nitrogens is 3. The van der Waals surface area contributed by atoms with Gasteiger partial charge < -0.3 is 5.32 Å². The molecule has 4 aromatic rings. The van der Waals surface area contributed by atoms with Crippen LogP contribution in [0.2, 0.25) is 0 Å². The number of rotatable bonds is 2. The summed E-state index contributed by atoms with van der Waals surface area (Å²) in [5.74, 6) is 0.608. The van der Waals surface area contributed by atoms with Gasteiger partial charge in [-0.25, -0.2) is 9.97 Å². The number of fused-ring (bicyclic) bond motifs is 3. The van der Waals surface area contributed by atoms with Crippen molar-refractivity contribution in [2.75, 3.05) is 12.4 Å². The summed E-state index contributed by atoms with van der Waals surface area (Å²) in [6.45, 7) is 0. The van der Waals surface area contributed by atoms with Crippen LogP contribution in [0.5, 0.6) is 0 Å². The number of anilines is 1. The van der Waals surface area contributed by atoms with Gasteiger partial charge in [0.2, 0.25) is 0 Å². The van der Waals surface area contributed by atoms with Crippen LogP contribution in [0.25, 0.3) is 27.9 Å². The van der Waals surface area contributed by atoms with Crippen LogP contribution in [-0.2, 0) is 6.18 Å². The molecule has 4 nitrogen and oxygen atoms in total. The fraction of sp³-hybridized carbons (Fsp3) is 0.111. The fourth-order valence-electron chi connectivity index (χ4n) is 2.88. The van der Waals surface area contributed by atoms with E-state index in [0.29, 0.717) is 22.7 Å². The van der Waals surface area contributed by atoms with Gasteiger partial charge >= 0.3 is 6.18 Å². The van der Waals surface area contributed by atoms with Gasteiger partial charge in [0.1, 0.15) is 0 Å². The third-order valence-electron chi connectivity index (χ3n) is 4.07. The number of alkyl halides is 3. The molecule has 0 atom stereocenters. The zero-order valence-electron chi connectivity index (χ0n) is 13.2. The molecule has 7 heteroatoms. The van der Waals surface area contributed by atoms with Crippen LogP contribution in [0.15, 0.2) is 54.7 Å². The van der Waals surface area contributed by atoms with Gasteiger partial charge in [0.15, 0.2) is 11.5 Å². The third kappa shape index (κ3) is 2.48. The number of imidazole rings is 1. The maximum Gasteiger partial charge on any atom is 0.416 e. The number of para-hydroxylation sites is 2. The van der Waals surface area contributed by atoms with Crippen LogP contribution in [-0.4, -0.2) is 21.4 Å². The highest BCUT2D eigenvalue weighted by atomic mass is 19.4. The maximum absolute atomic E-state index is 12.8. The molecular weight excluding hydrogens is 329 g/mol. The van der Waals surface area contributed by atoms with Gasteiger partial charge in [-0.05, 0) is 24.3 Å². The highest BCUT2D eigenvalue weighted by Crippen LogP contribution is 2.32. The first kappa shape index (κ1) is 15.4. The minimum atomic E-state index is -4.35. The molecule has 1 N–H and O–H groups in total. The SMILES string of the molecule is CNc1nc2ccccc2n2c(-c3ccc(C(F)(F)F)cc3)cnc12. The molecule has 0 aliphatic rings. The molecule has 0 aliphatic heterocycles. The van der Waals surface area contributed by atoms with E-state index >= 15 is 0 Å². The van der Waals surface area contributed by atoms with Gasteiger partial charge in [-0.3, -0.25) is 4.40 Å². The fourth-order valence-corrected chi connectivity index (χ4v) is 2.88. The second-order valence-electron chi connectivity index (χ2n) is 5.58. The molecule has 0 fully saturated rings. The largest absolute Gasteiger partial charge is 0.416 e. The quantitative estimate of drug-likeness (QED) is 0.578. The number of hydrogen-bond donors (Lipinski definition) is 1. The maximum atomic E-state index is 12.8. The third-order valence-corrected chi connectivity index (χ3v) is 4.07. The lowest BCUT2D eigenvalue weighted by molar-refractivity contribution is -0.137. The molecule has 0 amide bonds. The van der Waals surface area contributed by atoms with Crippen LogP contribution in [0.4, 0.5) is 19.0 Å². The van der Waals surface area contributed by atoms with E-state index < -0.39 is 11.7 Å². The van der Waals surface area contributed by atoms with Crippen molar-refractivity contribution in [2.24, 2.45) is 0 Å². The van der Waals surface area contributed by atoms with Crippen molar-refractivity contribution in [1.29, 1.82) is 0 Å². The number of halogens is 3. The van der Waals surface area contributed by atoms with Gasteiger partial charge in [0.05, 0.1) is 28.5 Å². The van der Waals surface area contributed by atoms with Crippen LogP contribution >= 0.6 is 0 Å². The van der Waals surface area contributed by atoms with Crippen molar-refractivity contribution in [2.45, 2.75) is 6.18 Å². The van der Waals surface area contributed by atoms with Gasteiger partial charge in [-0.15, -0.1) is 0 Å². The van der Waals surface area contributed by atoms with E-state index in [1.165, 1.54) is 12.1 Å². The van der Waals surface area contributed by atoms with Gasteiger partial charge in [0, 0.05) is 12.6 Å². The van der Waals surface area contributed by atoms with E-state index in [-0.39, 0.29) is 0 Å². The summed E-state index contributed by atoms with van der Waals surface area (Å²) in [6.07, 6.45) is -2.71. The highest BCUT2D eigenvalue weighted by molar-refractivity contribution is 5.86. The second kappa shape index (κ2) is 5.47. The van der Waals surface area contributed by atoms with E-state index in [0.717, 1.165) is 23.2 Å². The highest BCUT2D eigenvalue weighted by Gasteiger charge is 2.30. The summed E-state index contributed by atoms with van der Waals surface area (Å²) in [6, 6.07) is 12.6. The lowest BCUT2D eigenvalue weighted by atomic mass is 10.1. The first-order chi connectivity index (χ1) is 12.0. The normalized spacial score (nSPS) is 12.0. The molecular formula is C18H13F3N4. The van der Waals surface area contributed by atoms with Crippen molar-refractivity contribution in [3.8, 4) is 11.3 Å². The van der Waals surface area contributed by atoms with E-state index in [9.17, 15) is 13.2 Å². The molecule has 2 aromatic carbocycles. The Morgan fingerprint density at radius 2 is 1.72 bits per heavy atom. The molecule has 4 rings (SSSR count). The molecule has 0 bridgehead atoms. The minimum Gasteiger partial charge on any atom is -0.370 e. The summed E-state index contributed by atoms with van der Waals surface area (Å²) in [5.41, 5.74) is 2.91. The van der Waals surface area contributed by atoms with E-state index in [2.05, 4.69) is 15.3 Å². The molecule has 0 saturated heterocycles. The molecule has 0 spiro atoms. The van der Waals surface area contributed by atoms with Crippen LogP contribution < -0.4 is 5.32 Å². The Labute approximate surface area is 141 Å². The number of nitrogens with zero attached hydrogens (tertiary/aromatic N) is 3. The summed E-state index contributed by atoms with van der Waals surface area (Å²) in [7, 11) is 1.75. The Balaban J connectivity index is 1.98. The summed E-state index contributed by atoms with van der Waals surface area (Å²) >= 11 is 0. The van der Waals surface area contributed by atoms with Crippen LogP contribution in [0.1, 0.15) is 5.56 Å². The van der Waals surface area contributed by atoms with Crippen LogP contribution in [0.3, 0.4) is 0 Å². The minimum absolute atomic E-state index is 0.608. The predicted octanol–water partition coefficient (Wildman–Crippen LogP) is 4.61. The first-order valence-electron chi connectivity index (χ1n) is 7.60. The van der Waals surface area contributed by atoms with Gasteiger partial charge in [-0.2, -0.15) is 13.2 Å². The molecule has 2 heterocycles. The first-order valence-corrected chi connectivity index (χ1v) is 7.60. The van der Waals surface area contributed by atoms with Crippen molar-refractivity contribution in [3.63, 3.8) is 0 Å². The zero-order valence-corrected chi connectivity index (χ0v) is 13.2. The van der Waals surface area contributed by atoms with Crippen molar-refractivity contribution in [3.05, 3.63) is 60.3 Å². The molecule has 0 saturated carbocycles. The van der Waals surface area contributed by atoms with Crippen molar-refractivity contribution >= 4 is 22.5 Å². The molecule has 0 radical (unpaired) electrons. The summed E-state index contributed by atoms with van der Waals surface area (Å²) in [4.78, 5) is 8.93. The lowest BCUT2D eigenvalue weighted by Gasteiger charge is -2.10. The number of hydrogen-bond acceptors (Lipinski definition) is 3. The van der Waals surface area contributed by atoms with E-state index in [4.69, 9.17) is 0 Å². The Bertz CT molecular complexity index is 1070. The standard InChI is InChI=1S/C18H13F3N4/c1-22-16-17-23-10-15(11-6-8-12(9-7-11)18(19,20)21)25(17)14-5-3-2-4-13(14)24-16/h2-10H,1H3,(H,22,24). The molecule has 25 heavy (non-hydrogen) atoms.